The molecule has 0 aliphatic rings. The smallest absolute Gasteiger partial charge is 0.242 e. The Morgan fingerprint density at radius 1 is 1.71 bits per heavy atom. The van der Waals surface area contributed by atoms with E-state index in [1.54, 1.807) is 7.05 Å². The summed E-state index contributed by atoms with van der Waals surface area (Å²) in [6.45, 7) is 0. The van der Waals surface area contributed by atoms with E-state index in [2.05, 4.69) is 5.32 Å². The Morgan fingerprint density at radius 2 is 2.14 bits per heavy atom. The maximum Gasteiger partial charge on any atom is 0.242 e. The van der Waals surface area contributed by atoms with E-state index < -0.39 is 0 Å². The lowest BCUT2D eigenvalue weighted by molar-refractivity contribution is -0.118. The molecule has 0 aliphatic heterocycles. The third-order valence-electron chi connectivity index (χ3n) is 0.445. The molecular weight excluding hydrogens is 320 g/mol. The van der Waals surface area contributed by atoms with Crippen LogP contribution in [0.5, 0.6) is 0 Å². The topological polar surface area (TPSA) is 29.1 Å². The predicted molar refractivity (Wildman–Crippen MR) is 45.9 cm³/mol. The Bertz CT molecular complexity index is 73.3. The van der Waals surface area contributed by atoms with E-state index in [4.69, 9.17) is 0 Å². The number of carbonyl (C=O) groups excluding carboxylic acids is 1. The first-order valence-electron chi connectivity index (χ1n) is 1.68. The summed E-state index contributed by atoms with van der Waals surface area (Å²) in [5.74, 6) is 0.0706. The van der Waals surface area contributed by atoms with Crippen molar-refractivity contribution in [3.63, 3.8) is 0 Å². The first-order chi connectivity index (χ1) is 3.18. The van der Waals surface area contributed by atoms with Crippen LogP contribution in [0.25, 0.3) is 0 Å². The highest BCUT2D eigenvalue weighted by Crippen LogP contribution is 2.07. The highest BCUT2D eigenvalue weighted by molar-refractivity contribution is 14.2. The van der Waals surface area contributed by atoms with Crippen LogP contribution in [-0.2, 0) is 4.79 Å². The van der Waals surface area contributed by atoms with E-state index in [0.29, 0.717) is 0 Å². The summed E-state index contributed by atoms with van der Waals surface area (Å²) in [4.78, 5) is 10.4. The molecular formula is C3H5I2NO. The van der Waals surface area contributed by atoms with Crippen molar-refractivity contribution in [1.82, 2.24) is 5.32 Å². The standard InChI is InChI=1S/C3H5I2NO/c1-6-3(7)2(4)5/h2H,1H3,(H,6,7). The summed E-state index contributed by atoms with van der Waals surface area (Å²) < 4.78 is 0.0557. The van der Waals surface area contributed by atoms with Gasteiger partial charge in [0.15, 0.2) is 0 Å². The number of alkyl halides is 2. The summed E-state index contributed by atoms with van der Waals surface area (Å²) in [7, 11) is 1.63. The van der Waals surface area contributed by atoms with Crippen LogP contribution in [0.4, 0.5) is 0 Å². The van der Waals surface area contributed by atoms with E-state index in [0.717, 1.165) is 0 Å². The van der Waals surface area contributed by atoms with Crippen molar-refractivity contribution < 1.29 is 4.79 Å². The van der Waals surface area contributed by atoms with Gasteiger partial charge in [-0.05, 0) is 0 Å². The molecule has 1 N–H and O–H groups in total. The lowest BCUT2D eigenvalue weighted by Gasteiger charge is -1.95. The number of hydrogen-bond donors (Lipinski definition) is 1. The quantitative estimate of drug-likeness (QED) is 0.564. The van der Waals surface area contributed by atoms with E-state index >= 15 is 0 Å². The third kappa shape index (κ3) is 3.51. The minimum atomic E-state index is 0.0557. The molecule has 0 aromatic heterocycles. The Labute approximate surface area is 69.7 Å². The fourth-order valence-corrected chi connectivity index (χ4v) is 0.732. The first-order valence-corrected chi connectivity index (χ1v) is 4.17. The van der Waals surface area contributed by atoms with Gasteiger partial charge in [-0.25, -0.2) is 0 Å². The highest BCUT2D eigenvalue weighted by Gasteiger charge is 2.04. The second kappa shape index (κ2) is 3.88. The number of rotatable bonds is 1. The van der Waals surface area contributed by atoms with Crippen molar-refractivity contribution in [2.24, 2.45) is 0 Å². The van der Waals surface area contributed by atoms with Gasteiger partial charge < -0.3 is 5.32 Å². The van der Waals surface area contributed by atoms with Gasteiger partial charge in [0.05, 0.1) is 0 Å². The number of nitrogens with one attached hydrogen (secondary N) is 1. The van der Waals surface area contributed by atoms with Gasteiger partial charge in [0.2, 0.25) is 5.91 Å². The summed E-state index contributed by atoms with van der Waals surface area (Å²) in [6.07, 6.45) is 0. The first kappa shape index (κ1) is 7.93. The molecule has 0 radical (unpaired) electrons. The molecule has 4 heteroatoms. The molecule has 0 aromatic carbocycles. The van der Waals surface area contributed by atoms with Gasteiger partial charge in [0.1, 0.15) is 1.93 Å². The maximum atomic E-state index is 10.4. The molecule has 7 heavy (non-hydrogen) atoms. The van der Waals surface area contributed by atoms with Crippen LogP contribution in [0, 0.1) is 0 Å². The largest absolute Gasteiger partial charge is 0.358 e. The van der Waals surface area contributed by atoms with Crippen LogP contribution < -0.4 is 5.32 Å². The monoisotopic (exact) mass is 325 g/mol. The molecule has 0 unspecified atom stereocenters. The highest BCUT2D eigenvalue weighted by atomic mass is 127. The van der Waals surface area contributed by atoms with Crippen LogP contribution >= 0.6 is 45.2 Å². The van der Waals surface area contributed by atoms with Crippen molar-refractivity contribution in [1.29, 1.82) is 0 Å². The maximum absolute atomic E-state index is 10.4. The van der Waals surface area contributed by atoms with Gasteiger partial charge in [0, 0.05) is 7.05 Å². The predicted octanol–water partition coefficient (Wildman–Crippen LogP) is 0.928. The summed E-state index contributed by atoms with van der Waals surface area (Å²) >= 11 is 4.09. The van der Waals surface area contributed by atoms with Gasteiger partial charge in [-0.2, -0.15) is 0 Å². The Balaban J connectivity index is 3.35. The van der Waals surface area contributed by atoms with Gasteiger partial charge in [-0.15, -0.1) is 0 Å². The minimum absolute atomic E-state index is 0.0557. The lowest BCUT2D eigenvalue weighted by atomic mass is 10.7. The molecule has 0 saturated heterocycles. The van der Waals surface area contributed by atoms with Crippen molar-refractivity contribution in [3.05, 3.63) is 0 Å². The van der Waals surface area contributed by atoms with Crippen molar-refractivity contribution >= 4 is 51.1 Å². The van der Waals surface area contributed by atoms with Crippen molar-refractivity contribution in [2.45, 2.75) is 1.93 Å². The average molecular weight is 325 g/mol. The number of amides is 1. The number of hydrogen-bond acceptors (Lipinski definition) is 1. The van der Waals surface area contributed by atoms with Crippen LogP contribution in [0.15, 0.2) is 0 Å². The fraction of sp³-hybridized carbons (Fsp3) is 0.667. The molecule has 0 fully saturated rings. The van der Waals surface area contributed by atoms with Crippen LogP contribution in [0.2, 0.25) is 0 Å². The molecule has 0 saturated carbocycles. The van der Waals surface area contributed by atoms with Gasteiger partial charge >= 0.3 is 0 Å². The normalized spacial score (nSPS) is 9.14. The molecule has 0 aromatic rings. The Hall–Kier alpha value is 0.930. The van der Waals surface area contributed by atoms with Crippen LogP contribution in [-0.4, -0.2) is 14.9 Å². The summed E-state index contributed by atoms with van der Waals surface area (Å²) in [6, 6.07) is 0. The zero-order chi connectivity index (χ0) is 5.86. The van der Waals surface area contributed by atoms with Gasteiger partial charge in [0.25, 0.3) is 0 Å². The fourth-order valence-electron chi connectivity index (χ4n) is 0.109. The second-order valence-electron chi connectivity index (χ2n) is 0.915. The summed E-state index contributed by atoms with van der Waals surface area (Å²) in [5, 5.41) is 2.51. The lowest BCUT2D eigenvalue weighted by Crippen LogP contribution is -2.22. The molecule has 0 bridgehead atoms. The molecule has 0 rings (SSSR count). The summed E-state index contributed by atoms with van der Waals surface area (Å²) in [5.41, 5.74) is 0. The minimum Gasteiger partial charge on any atom is -0.358 e. The molecule has 1 amide bonds. The molecule has 0 spiro atoms. The van der Waals surface area contributed by atoms with Crippen molar-refractivity contribution in [3.8, 4) is 0 Å². The van der Waals surface area contributed by atoms with E-state index in [-0.39, 0.29) is 7.84 Å². The zero-order valence-electron chi connectivity index (χ0n) is 3.74. The second-order valence-corrected chi connectivity index (χ2v) is 5.79. The molecule has 0 atom stereocenters. The molecule has 0 aliphatic carbocycles. The van der Waals surface area contributed by atoms with E-state index in [1.165, 1.54) is 0 Å². The SMILES string of the molecule is CNC(=O)C(I)I. The third-order valence-corrected chi connectivity index (χ3v) is 1.58. The molecule has 0 heterocycles. The number of halogens is 2. The molecule has 2 nitrogen and oxygen atoms in total. The Kier molecular flexibility index (Phi) is 4.39. The molecule has 42 valence electrons. The van der Waals surface area contributed by atoms with Crippen LogP contribution in [0.3, 0.4) is 0 Å². The average Bonchev–Trinajstić information content (AvgIpc) is 1.65. The van der Waals surface area contributed by atoms with Crippen LogP contribution in [0.1, 0.15) is 0 Å². The zero-order valence-corrected chi connectivity index (χ0v) is 8.06. The van der Waals surface area contributed by atoms with Crippen molar-refractivity contribution in [2.75, 3.05) is 7.05 Å². The van der Waals surface area contributed by atoms with E-state index in [1.807, 2.05) is 45.2 Å². The van der Waals surface area contributed by atoms with Gasteiger partial charge in [-0.1, -0.05) is 45.2 Å². The Morgan fingerprint density at radius 3 is 2.14 bits per heavy atom. The number of carbonyl (C=O) groups is 1. The van der Waals surface area contributed by atoms with Gasteiger partial charge in [-0.3, -0.25) is 4.79 Å². The van der Waals surface area contributed by atoms with E-state index in [9.17, 15) is 4.79 Å².